The Morgan fingerprint density at radius 2 is 2.50 bits per heavy atom. The number of allylic oxidation sites excluding steroid dienone is 1. The Bertz CT molecular complexity index is 283. The van der Waals surface area contributed by atoms with Gasteiger partial charge in [-0.25, -0.2) is 4.79 Å². The van der Waals surface area contributed by atoms with E-state index in [2.05, 4.69) is 0 Å². The molecule has 3 nitrogen and oxygen atoms in total. The van der Waals surface area contributed by atoms with Crippen LogP contribution in [0.4, 0.5) is 0 Å². The molecule has 0 aliphatic rings. The molecule has 1 aromatic heterocycles. The molecule has 1 N–H and O–H groups in total. The van der Waals surface area contributed by atoms with Crippen molar-refractivity contribution in [1.29, 1.82) is 0 Å². The third kappa shape index (κ3) is 1.99. The summed E-state index contributed by atoms with van der Waals surface area (Å²) in [7, 11) is 0. The summed E-state index contributed by atoms with van der Waals surface area (Å²) in [5, 5.41) is 8.50. The van der Waals surface area contributed by atoms with E-state index in [4.69, 9.17) is 9.52 Å². The monoisotopic (exact) mass is 166 g/mol. The van der Waals surface area contributed by atoms with Gasteiger partial charge in [-0.15, -0.1) is 0 Å². The van der Waals surface area contributed by atoms with Crippen LogP contribution in [0.25, 0.3) is 5.57 Å². The van der Waals surface area contributed by atoms with Crippen molar-refractivity contribution in [2.45, 2.75) is 13.3 Å². The van der Waals surface area contributed by atoms with Crippen LogP contribution in [0.1, 0.15) is 19.1 Å². The highest BCUT2D eigenvalue weighted by molar-refractivity contribution is 5.89. The first-order chi connectivity index (χ1) is 5.74. The molecule has 0 saturated heterocycles. The quantitative estimate of drug-likeness (QED) is 0.700. The van der Waals surface area contributed by atoms with Crippen molar-refractivity contribution >= 4 is 11.5 Å². The lowest BCUT2D eigenvalue weighted by Gasteiger charge is -1.96. The van der Waals surface area contributed by atoms with Gasteiger partial charge in [-0.1, -0.05) is 6.92 Å². The number of hydrogen-bond acceptors (Lipinski definition) is 2. The topological polar surface area (TPSA) is 50.4 Å². The zero-order valence-corrected chi connectivity index (χ0v) is 6.78. The molecule has 0 aliphatic carbocycles. The summed E-state index contributed by atoms with van der Waals surface area (Å²) in [6, 6.07) is 3.49. The van der Waals surface area contributed by atoms with Gasteiger partial charge in [0.25, 0.3) is 0 Å². The van der Waals surface area contributed by atoms with Crippen molar-refractivity contribution < 1.29 is 14.3 Å². The summed E-state index contributed by atoms with van der Waals surface area (Å²) in [5.41, 5.74) is 0.701. The number of hydrogen-bond donors (Lipinski definition) is 1. The second-order valence-corrected chi connectivity index (χ2v) is 2.34. The van der Waals surface area contributed by atoms with Crippen molar-refractivity contribution in [2.24, 2.45) is 0 Å². The zero-order valence-electron chi connectivity index (χ0n) is 6.78. The van der Waals surface area contributed by atoms with E-state index in [1.807, 2.05) is 6.92 Å². The van der Waals surface area contributed by atoms with Gasteiger partial charge < -0.3 is 9.52 Å². The molecule has 3 heteroatoms. The molecule has 0 aliphatic heterocycles. The number of carboxylic acid groups (broad SMARTS) is 1. The predicted octanol–water partition coefficient (Wildman–Crippen LogP) is 2.16. The molecule has 1 heterocycles. The van der Waals surface area contributed by atoms with Crippen molar-refractivity contribution in [1.82, 2.24) is 0 Å². The minimum atomic E-state index is -0.941. The van der Waals surface area contributed by atoms with E-state index < -0.39 is 5.97 Å². The second kappa shape index (κ2) is 3.76. The minimum Gasteiger partial charge on any atom is -0.478 e. The van der Waals surface area contributed by atoms with Gasteiger partial charge in [0.1, 0.15) is 5.76 Å². The Morgan fingerprint density at radius 3 is 2.92 bits per heavy atom. The normalized spacial score (nSPS) is 11.6. The van der Waals surface area contributed by atoms with E-state index in [0.717, 1.165) is 0 Å². The second-order valence-electron chi connectivity index (χ2n) is 2.34. The molecule has 0 fully saturated rings. The number of furan rings is 1. The summed E-state index contributed by atoms with van der Waals surface area (Å²) in [4.78, 5) is 10.3. The third-order valence-corrected chi connectivity index (χ3v) is 1.52. The lowest BCUT2D eigenvalue weighted by atomic mass is 10.1. The summed E-state index contributed by atoms with van der Waals surface area (Å²) >= 11 is 0. The van der Waals surface area contributed by atoms with Crippen LogP contribution in [0.5, 0.6) is 0 Å². The first kappa shape index (κ1) is 8.59. The largest absolute Gasteiger partial charge is 0.478 e. The Hall–Kier alpha value is -1.51. The van der Waals surface area contributed by atoms with Crippen LogP contribution in [0, 0.1) is 0 Å². The fourth-order valence-corrected chi connectivity index (χ4v) is 0.958. The van der Waals surface area contributed by atoms with Gasteiger partial charge in [0.2, 0.25) is 0 Å². The molecule has 0 amide bonds. The van der Waals surface area contributed by atoms with Crippen LogP contribution < -0.4 is 0 Å². The van der Waals surface area contributed by atoms with E-state index in [1.54, 1.807) is 12.1 Å². The molecular weight excluding hydrogens is 156 g/mol. The highest BCUT2D eigenvalue weighted by atomic mass is 16.4. The van der Waals surface area contributed by atoms with Crippen molar-refractivity contribution in [3.8, 4) is 0 Å². The van der Waals surface area contributed by atoms with E-state index in [9.17, 15) is 4.79 Å². The number of carboxylic acids is 1. The number of rotatable bonds is 3. The Balaban J connectivity index is 2.91. The molecule has 0 atom stereocenters. The molecule has 0 spiro atoms. The van der Waals surface area contributed by atoms with Gasteiger partial charge in [0.05, 0.1) is 6.26 Å². The molecule has 1 aromatic rings. The number of aliphatic carboxylic acids is 1. The molecule has 0 saturated carbocycles. The smallest absolute Gasteiger partial charge is 0.328 e. The maximum atomic E-state index is 10.3. The zero-order chi connectivity index (χ0) is 8.97. The predicted molar refractivity (Wildman–Crippen MR) is 44.6 cm³/mol. The molecule has 0 radical (unpaired) electrons. The average Bonchev–Trinajstić information content (AvgIpc) is 2.51. The summed E-state index contributed by atoms with van der Waals surface area (Å²) in [5.74, 6) is -0.317. The fraction of sp³-hybridized carbons (Fsp3) is 0.222. The first-order valence-electron chi connectivity index (χ1n) is 3.71. The number of carbonyl (C=O) groups is 1. The molecule has 1 rings (SSSR count). The van der Waals surface area contributed by atoms with Gasteiger partial charge in [-0.3, -0.25) is 0 Å². The van der Waals surface area contributed by atoms with E-state index >= 15 is 0 Å². The van der Waals surface area contributed by atoms with Crippen molar-refractivity contribution in [3.63, 3.8) is 0 Å². The van der Waals surface area contributed by atoms with Crippen molar-refractivity contribution in [2.75, 3.05) is 0 Å². The Kier molecular flexibility index (Phi) is 2.69. The minimum absolute atomic E-state index is 0.625. The molecule has 0 bridgehead atoms. The van der Waals surface area contributed by atoms with Gasteiger partial charge in [-0.05, 0) is 18.6 Å². The first-order valence-corrected chi connectivity index (χ1v) is 3.71. The lowest BCUT2D eigenvalue weighted by Crippen LogP contribution is -1.90. The maximum absolute atomic E-state index is 10.3. The van der Waals surface area contributed by atoms with Gasteiger partial charge in [0, 0.05) is 11.6 Å². The van der Waals surface area contributed by atoms with Crippen LogP contribution in [0.2, 0.25) is 0 Å². The van der Waals surface area contributed by atoms with Crippen LogP contribution in [-0.2, 0) is 4.79 Å². The van der Waals surface area contributed by atoms with E-state index in [1.165, 1.54) is 12.3 Å². The van der Waals surface area contributed by atoms with Gasteiger partial charge in [-0.2, -0.15) is 0 Å². The Morgan fingerprint density at radius 1 is 1.75 bits per heavy atom. The average molecular weight is 166 g/mol. The summed E-state index contributed by atoms with van der Waals surface area (Å²) in [6.07, 6.45) is 3.35. The standard InChI is InChI=1S/C9H10O3/c1-2-7(6-9(10)11)8-4-3-5-12-8/h3-6H,2H2,1H3,(H,10,11)/b7-6+. The molecular formula is C9H10O3. The van der Waals surface area contributed by atoms with Gasteiger partial charge in [0.15, 0.2) is 0 Å². The highest BCUT2D eigenvalue weighted by Crippen LogP contribution is 2.17. The SMILES string of the molecule is CC/C(=C\C(=O)O)c1ccco1. The summed E-state index contributed by atoms with van der Waals surface area (Å²) in [6.45, 7) is 1.89. The Labute approximate surface area is 70.3 Å². The maximum Gasteiger partial charge on any atom is 0.328 e. The molecule has 64 valence electrons. The van der Waals surface area contributed by atoms with Crippen LogP contribution in [0.3, 0.4) is 0 Å². The van der Waals surface area contributed by atoms with E-state index in [-0.39, 0.29) is 0 Å². The van der Waals surface area contributed by atoms with Crippen LogP contribution in [-0.4, -0.2) is 11.1 Å². The van der Waals surface area contributed by atoms with Gasteiger partial charge >= 0.3 is 5.97 Å². The van der Waals surface area contributed by atoms with E-state index in [0.29, 0.717) is 17.8 Å². The van der Waals surface area contributed by atoms with Crippen LogP contribution in [0.15, 0.2) is 28.9 Å². The summed E-state index contributed by atoms with van der Waals surface area (Å²) < 4.78 is 5.06. The van der Waals surface area contributed by atoms with Crippen LogP contribution >= 0.6 is 0 Å². The lowest BCUT2D eigenvalue weighted by molar-refractivity contribution is -0.131. The molecule has 0 unspecified atom stereocenters. The molecule has 0 aromatic carbocycles. The van der Waals surface area contributed by atoms with Crippen molar-refractivity contribution in [3.05, 3.63) is 30.2 Å². The third-order valence-electron chi connectivity index (χ3n) is 1.52. The molecule has 12 heavy (non-hydrogen) atoms. The highest BCUT2D eigenvalue weighted by Gasteiger charge is 2.03. The fourth-order valence-electron chi connectivity index (χ4n) is 0.958.